The average Bonchev–Trinajstić information content (AvgIpc) is 2.44. The van der Waals surface area contributed by atoms with Crippen molar-refractivity contribution in [3.63, 3.8) is 0 Å². The molecule has 0 aliphatic carbocycles. The molecule has 0 amide bonds. The van der Waals surface area contributed by atoms with E-state index in [-0.39, 0.29) is 5.84 Å². The molecule has 0 heterocycles. The van der Waals surface area contributed by atoms with Crippen LogP contribution in [0.2, 0.25) is 0 Å². The first-order chi connectivity index (χ1) is 9.12. The Morgan fingerprint density at radius 1 is 1.42 bits per heavy atom. The lowest BCUT2D eigenvalue weighted by molar-refractivity contribution is 0.158. The molecule has 3 N–H and O–H groups in total. The molecule has 6 heteroatoms. The maximum absolute atomic E-state index is 8.71. The average molecular weight is 267 g/mol. The van der Waals surface area contributed by atoms with Gasteiger partial charge < -0.3 is 20.4 Å². The van der Waals surface area contributed by atoms with Crippen molar-refractivity contribution < 1.29 is 14.7 Å². The van der Waals surface area contributed by atoms with Gasteiger partial charge >= 0.3 is 0 Å². The second kappa shape index (κ2) is 7.60. The summed E-state index contributed by atoms with van der Waals surface area (Å²) >= 11 is 0. The van der Waals surface area contributed by atoms with E-state index in [9.17, 15) is 0 Å². The van der Waals surface area contributed by atoms with E-state index < -0.39 is 0 Å². The lowest BCUT2D eigenvalue weighted by atomic mass is 10.1. The molecule has 0 fully saturated rings. The van der Waals surface area contributed by atoms with Crippen molar-refractivity contribution in [3.8, 4) is 5.75 Å². The van der Waals surface area contributed by atoms with Crippen LogP contribution in [0.3, 0.4) is 0 Å². The molecule has 19 heavy (non-hydrogen) atoms. The maximum Gasteiger partial charge on any atom is 0.173 e. The molecule has 0 bridgehead atoms. The molecule has 0 aromatic heterocycles. The fraction of sp³-hybridized carbons (Fsp3) is 0.462. The Balaban J connectivity index is 2.82. The highest BCUT2D eigenvalue weighted by molar-refractivity contribution is 5.99. The topological polar surface area (TPSA) is 80.3 Å². The molecule has 0 spiro atoms. The number of hydrogen-bond donors (Lipinski definition) is 2. The summed E-state index contributed by atoms with van der Waals surface area (Å²) in [6.45, 7) is 2.31. The number of methoxy groups -OCH3 is 2. The summed E-state index contributed by atoms with van der Waals surface area (Å²) < 4.78 is 10.3. The molecule has 0 aliphatic rings. The van der Waals surface area contributed by atoms with Crippen LogP contribution < -0.4 is 10.5 Å². The van der Waals surface area contributed by atoms with Crippen molar-refractivity contribution in [2.45, 2.75) is 6.54 Å². The minimum absolute atomic E-state index is 0.0381. The molecule has 1 aromatic carbocycles. The zero-order chi connectivity index (χ0) is 14.3. The number of likely N-dealkylation sites (N-methyl/N-ethyl adjacent to an activating group) is 1. The highest BCUT2D eigenvalue weighted by Crippen LogP contribution is 2.20. The second-order valence-electron chi connectivity index (χ2n) is 4.25. The van der Waals surface area contributed by atoms with E-state index in [0.717, 1.165) is 18.7 Å². The molecule has 1 aromatic rings. The Morgan fingerprint density at radius 2 is 2.16 bits per heavy atom. The summed E-state index contributed by atoms with van der Waals surface area (Å²) in [5.74, 6) is 0.629. The number of nitrogens with zero attached hydrogens (tertiary/aromatic N) is 2. The van der Waals surface area contributed by atoms with Crippen LogP contribution in [-0.2, 0) is 11.3 Å². The highest BCUT2D eigenvalue weighted by Gasteiger charge is 2.09. The van der Waals surface area contributed by atoms with Gasteiger partial charge in [0, 0.05) is 20.2 Å². The second-order valence-corrected chi connectivity index (χ2v) is 4.25. The summed E-state index contributed by atoms with van der Waals surface area (Å²) in [6, 6.07) is 5.60. The first kappa shape index (κ1) is 15.3. The molecule has 106 valence electrons. The number of benzene rings is 1. The van der Waals surface area contributed by atoms with Crippen LogP contribution >= 0.6 is 0 Å². The first-order valence-electron chi connectivity index (χ1n) is 5.94. The summed E-state index contributed by atoms with van der Waals surface area (Å²) in [7, 11) is 5.26. The Labute approximate surface area is 113 Å². The van der Waals surface area contributed by atoms with Crippen LogP contribution in [0, 0.1) is 0 Å². The van der Waals surface area contributed by atoms with Gasteiger partial charge in [-0.1, -0.05) is 11.2 Å². The molecule has 6 nitrogen and oxygen atoms in total. The summed E-state index contributed by atoms with van der Waals surface area (Å²) in [5.41, 5.74) is 7.25. The predicted molar refractivity (Wildman–Crippen MR) is 73.7 cm³/mol. The smallest absolute Gasteiger partial charge is 0.173 e. The quantitative estimate of drug-likeness (QED) is 0.331. The van der Waals surface area contributed by atoms with E-state index >= 15 is 0 Å². The lowest BCUT2D eigenvalue weighted by Gasteiger charge is -2.17. The zero-order valence-electron chi connectivity index (χ0n) is 11.6. The maximum atomic E-state index is 8.71. The summed E-state index contributed by atoms with van der Waals surface area (Å²) in [6.07, 6.45) is 0. The molecule has 0 saturated carbocycles. The van der Waals surface area contributed by atoms with E-state index in [1.54, 1.807) is 20.3 Å². The Hall–Kier alpha value is -1.79. The van der Waals surface area contributed by atoms with Gasteiger partial charge in [-0.05, 0) is 24.7 Å². The third-order valence-electron chi connectivity index (χ3n) is 2.78. The van der Waals surface area contributed by atoms with Crippen molar-refractivity contribution in [2.24, 2.45) is 10.9 Å². The zero-order valence-corrected chi connectivity index (χ0v) is 11.6. The van der Waals surface area contributed by atoms with Crippen LogP contribution in [-0.4, -0.2) is 50.4 Å². The fourth-order valence-electron chi connectivity index (χ4n) is 1.74. The standard InChI is InChI=1S/C13H21N3O3/c1-16(6-7-18-2)9-10-4-5-11(13(14)15-17)12(8-10)19-3/h4-5,8,17H,6-7,9H2,1-3H3,(H2,14,15). The van der Waals surface area contributed by atoms with Crippen LogP contribution in [0.4, 0.5) is 0 Å². The summed E-state index contributed by atoms with van der Waals surface area (Å²) in [4.78, 5) is 2.14. The van der Waals surface area contributed by atoms with Gasteiger partial charge in [-0.15, -0.1) is 0 Å². The number of nitrogens with two attached hydrogens (primary N) is 1. The molecule has 0 unspecified atom stereocenters. The normalized spacial score (nSPS) is 11.9. The molecular formula is C13H21N3O3. The van der Waals surface area contributed by atoms with Crippen molar-refractivity contribution in [1.29, 1.82) is 0 Å². The molecular weight excluding hydrogens is 246 g/mol. The Bertz CT molecular complexity index is 435. The molecule has 0 radical (unpaired) electrons. The largest absolute Gasteiger partial charge is 0.496 e. The van der Waals surface area contributed by atoms with E-state index in [4.69, 9.17) is 20.4 Å². The number of ether oxygens (including phenoxy) is 2. The van der Waals surface area contributed by atoms with Gasteiger partial charge in [0.25, 0.3) is 0 Å². The van der Waals surface area contributed by atoms with Gasteiger partial charge in [0.2, 0.25) is 0 Å². The van der Waals surface area contributed by atoms with E-state index in [0.29, 0.717) is 17.9 Å². The van der Waals surface area contributed by atoms with Gasteiger partial charge in [-0.25, -0.2) is 0 Å². The monoisotopic (exact) mass is 267 g/mol. The van der Waals surface area contributed by atoms with E-state index in [1.165, 1.54) is 0 Å². The van der Waals surface area contributed by atoms with Crippen LogP contribution in [0.1, 0.15) is 11.1 Å². The third-order valence-corrected chi connectivity index (χ3v) is 2.78. The minimum Gasteiger partial charge on any atom is -0.496 e. The van der Waals surface area contributed by atoms with Gasteiger partial charge in [-0.3, -0.25) is 4.90 Å². The van der Waals surface area contributed by atoms with Gasteiger partial charge in [0.1, 0.15) is 5.75 Å². The van der Waals surface area contributed by atoms with E-state index in [2.05, 4.69) is 10.1 Å². The SMILES string of the molecule is COCCN(C)Cc1ccc(/C(N)=N/O)c(OC)c1. The van der Waals surface area contributed by atoms with Crippen molar-refractivity contribution in [3.05, 3.63) is 29.3 Å². The number of oxime groups is 1. The lowest BCUT2D eigenvalue weighted by Crippen LogP contribution is -2.22. The minimum atomic E-state index is 0.0381. The fourth-order valence-corrected chi connectivity index (χ4v) is 1.74. The third kappa shape index (κ3) is 4.42. The Morgan fingerprint density at radius 3 is 2.74 bits per heavy atom. The molecule has 1 rings (SSSR count). The molecule has 0 saturated heterocycles. The van der Waals surface area contributed by atoms with Crippen LogP contribution in [0.15, 0.2) is 23.4 Å². The number of hydrogen-bond acceptors (Lipinski definition) is 5. The predicted octanol–water partition coefficient (Wildman–Crippen LogP) is 0.868. The van der Waals surface area contributed by atoms with Crippen LogP contribution in [0.5, 0.6) is 5.75 Å². The van der Waals surface area contributed by atoms with Crippen molar-refractivity contribution in [1.82, 2.24) is 4.90 Å². The number of rotatable bonds is 7. The first-order valence-corrected chi connectivity index (χ1v) is 5.94. The van der Waals surface area contributed by atoms with Crippen molar-refractivity contribution >= 4 is 5.84 Å². The Kier molecular flexibility index (Phi) is 6.11. The van der Waals surface area contributed by atoms with Gasteiger partial charge in [0.05, 0.1) is 19.3 Å². The van der Waals surface area contributed by atoms with Gasteiger partial charge in [-0.2, -0.15) is 0 Å². The summed E-state index contributed by atoms with van der Waals surface area (Å²) in [5, 5.41) is 11.7. The molecule has 0 atom stereocenters. The molecule has 0 aliphatic heterocycles. The van der Waals surface area contributed by atoms with E-state index in [1.807, 2.05) is 19.2 Å². The van der Waals surface area contributed by atoms with Crippen molar-refractivity contribution in [2.75, 3.05) is 34.4 Å². The number of amidine groups is 1. The van der Waals surface area contributed by atoms with Gasteiger partial charge in [0.15, 0.2) is 5.84 Å². The highest BCUT2D eigenvalue weighted by atomic mass is 16.5. The van der Waals surface area contributed by atoms with Crippen LogP contribution in [0.25, 0.3) is 0 Å².